The molecule has 0 aliphatic carbocycles. The average Bonchev–Trinajstić information content (AvgIpc) is 2.38. The summed E-state index contributed by atoms with van der Waals surface area (Å²) in [7, 11) is -3.77. The molecule has 0 fully saturated rings. The van der Waals surface area contributed by atoms with Crippen LogP contribution in [-0.2, 0) is 10.0 Å². The molecule has 0 radical (unpaired) electrons. The molecule has 0 bridgehead atoms. The van der Waals surface area contributed by atoms with E-state index in [-0.39, 0.29) is 4.90 Å². The van der Waals surface area contributed by atoms with Gasteiger partial charge in [0.25, 0.3) is 0 Å². The van der Waals surface area contributed by atoms with Crippen LogP contribution < -0.4 is 9.88 Å². The van der Waals surface area contributed by atoms with Gasteiger partial charge < -0.3 is 4.74 Å². The monoisotopic (exact) mass is 363 g/mol. The van der Waals surface area contributed by atoms with Crippen LogP contribution in [0.1, 0.15) is 45.4 Å². The number of halogens is 1. The number of primary sulfonamides is 1. The Morgan fingerprint density at radius 1 is 1.15 bits per heavy atom. The van der Waals surface area contributed by atoms with Crippen molar-refractivity contribution in [2.24, 2.45) is 5.14 Å². The Bertz CT molecular complexity index is 517. The maximum absolute atomic E-state index is 11.5. The Morgan fingerprint density at radius 2 is 1.80 bits per heavy atom. The number of benzene rings is 1. The summed E-state index contributed by atoms with van der Waals surface area (Å²) in [6.07, 6.45) is 6.96. The van der Waals surface area contributed by atoms with Gasteiger partial charge in [0.05, 0.1) is 6.61 Å². The number of nitrogens with two attached hydrogens (primary N) is 1. The molecule has 1 aromatic carbocycles. The lowest BCUT2D eigenvalue weighted by molar-refractivity contribution is 0.297. The minimum absolute atomic E-state index is 0.0258. The number of hydrogen-bond acceptors (Lipinski definition) is 3. The molecule has 1 aromatic rings. The molecular formula is C14H22BrNO3S. The topological polar surface area (TPSA) is 69.4 Å². The van der Waals surface area contributed by atoms with Crippen molar-refractivity contribution in [1.82, 2.24) is 0 Å². The maximum atomic E-state index is 11.5. The fourth-order valence-electron chi connectivity index (χ4n) is 1.89. The predicted molar refractivity (Wildman–Crippen MR) is 84.4 cm³/mol. The molecule has 0 aliphatic heterocycles. The van der Waals surface area contributed by atoms with E-state index in [2.05, 4.69) is 22.9 Å². The first kappa shape index (κ1) is 17.5. The van der Waals surface area contributed by atoms with Gasteiger partial charge in [-0.1, -0.05) is 55.0 Å². The molecule has 0 unspecified atom stereocenters. The molecule has 0 saturated carbocycles. The van der Waals surface area contributed by atoms with Gasteiger partial charge in [-0.15, -0.1) is 0 Å². The predicted octanol–water partition coefficient (Wildman–Crippen LogP) is 3.84. The Hall–Kier alpha value is -0.590. The van der Waals surface area contributed by atoms with E-state index in [1.165, 1.54) is 31.7 Å². The molecule has 0 atom stereocenters. The summed E-state index contributed by atoms with van der Waals surface area (Å²) in [5.41, 5.74) is 0. The van der Waals surface area contributed by atoms with E-state index in [0.717, 1.165) is 12.8 Å². The highest BCUT2D eigenvalue weighted by atomic mass is 79.9. The molecule has 0 heterocycles. The van der Waals surface area contributed by atoms with Crippen molar-refractivity contribution < 1.29 is 13.2 Å². The Kier molecular flexibility index (Phi) is 7.55. The van der Waals surface area contributed by atoms with Crippen LogP contribution in [0, 0.1) is 0 Å². The van der Waals surface area contributed by atoms with Gasteiger partial charge >= 0.3 is 0 Å². The summed E-state index contributed by atoms with van der Waals surface area (Å²) in [5.74, 6) is 0.323. The molecule has 0 amide bonds. The second-order valence-corrected chi connectivity index (χ2v) is 7.20. The lowest BCUT2D eigenvalue weighted by Crippen LogP contribution is -2.14. The Balaban J connectivity index is 2.48. The third-order valence-electron chi connectivity index (χ3n) is 2.97. The van der Waals surface area contributed by atoms with Gasteiger partial charge in [0, 0.05) is 4.47 Å². The molecule has 4 nitrogen and oxygen atoms in total. The number of rotatable bonds is 9. The maximum Gasteiger partial charge on any atom is 0.241 e. The molecular weight excluding hydrogens is 342 g/mol. The zero-order chi connectivity index (χ0) is 15.0. The van der Waals surface area contributed by atoms with Crippen molar-refractivity contribution in [3.05, 3.63) is 22.7 Å². The fourth-order valence-corrected chi connectivity index (χ4v) is 3.10. The molecule has 1 rings (SSSR count). The van der Waals surface area contributed by atoms with Crippen LogP contribution in [-0.4, -0.2) is 15.0 Å². The standard InChI is InChI=1S/C14H22BrNO3S/c1-2-3-4-5-6-7-10-19-13-9-8-12(15)11-14(13)20(16,17)18/h8-9,11H,2-7,10H2,1H3,(H2,16,17,18). The van der Waals surface area contributed by atoms with Crippen molar-refractivity contribution in [2.75, 3.05) is 6.61 Å². The molecule has 0 aliphatic rings. The smallest absolute Gasteiger partial charge is 0.241 e. The zero-order valence-corrected chi connectivity index (χ0v) is 14.2. The van der Waals surface area contributed by atoms with Gasteiger partial charge in [0.1, 0.15) is 10.6 Å². The largest absolute Gasteiger partial charge is 0.492 e. The summed E-state index contributed by atoms with van der Waals surface area (Å²) in [6.45, 7) is 2.70. The summed E-state index contributed by atoms with van der Waals surface area (Å²) in [5, 5.41) is 5.18. The minimum atomic E-state index is -3.77. The lowest BCUT2D eigenvalue weighted by atomic mass is 10.1. The quantitative estimate of drug-likeness (QED) is 0.677. The summed E-state index contributed by atoms with van der Waals surface area (Å²) in [4.78, 5) is 0.0258. The molecule has 0 saturated heterocycles. The molecule has 0 spiro atoms. The third kappa shape index (κ3) is 6.24. The van der Waals surface area contributed by atoms with Crippen LogP contribution >= 0.6 is 15.9 Å². The highest BCUT2D eigenvalue weighted by Crippen LogP contribution is 2.26. The van der Waals surface area contributed by atoms with Crippen LogP contribution in [0.5, 0.6) is 5.75 Å². The first-order valence-electron chi connectivity index (χ1n) is 6.90. The normalized spacial score (nSPS) is 11.6. The van der Waals surface area contributed by atoms with Crippen molar-refractivity contribution in [3.63, 3.8) is 0 Å². The van der Waals surface area contributed by atoms with Crippen molar-refractivity contribution >= 4 is 26.0 Å². The van der Waals surface area contributed by atoms with Crippen molar-refractivity contribution in [1.29, 1.82) is 0 Å². The fraction of sp³-hybridized carbons (Fsp3) is 0.571. The number of unbranched alkanes of at least 4 members (excludes halogenated alkanes) is 5. The summed E-state index contributed by atoms with van der Waals surface area (Å²) >= 11 is 3.23. The number of sulfonamides is 1. The van der Waals surface area contributed by atoms with E-state index >= 15 is 0 Å². The minimum Gasteiger partial charge on any atom is -0.492 e. The van der Waals surface area contributed by atoms with Gasteiger partial charge in [-0.25, -0.2) is 13.6 Å². The SMILES string of the molecule is CCCCCCCCOc1ccc(Br)cc1S(N)(=O)=O. The van der Waals surface area contributed by atoms with Gasteiger partial charge in [0.2, 0.25) is 10.0 Å². The summed E-state index contributed by atoms with van der Waals surface area (Å²) in [6, 6.07) is 4.83. The van der Waals surface area contributed by atoms with E-state index in [1.54, 1.807) is 12.1 Å². The zero-order valence-electron chi connectivity index (χ0n) is 11.8. The van der Waals surface area contributed by atoms with Crippen molar-refractivity contribution in [2.45, 2.75) is 50.3 Å². The highest BCUT2D eigenvalue weighted by Gasteiger charge is 2.15. The molecule has 6 heteroatoms. The van der Waals surface area contributed by atoms with Crippen LogP contribution in [0.3, 0.4) is 0 Å². The molecule has 20 heavy (non-hydrogen) atoms. The van der Waals surface area contributed by atoms with E-state index in [9.17, 15) is 8.42 Å². The average molecular weight is 364 g/mol. The van der Waals surface area contributed by atoms with Gasteiger partial charge in [-0.3, -0.25) is 0 Å². The number of hydrogen-bond donors (Lipinski definition) is 1. The second kappa shape index (κ2) is 8.64. The molecule has 0 aromatic heterocycles. The van der Waals surface area contributed by atoms with Crippen molar-refractivity contribution in [3.8, 4) is 5.75 Å². The first-order chi connectivity index (χ1) is 9.45. The van der Waals surface area contributed by atoms with Crippen LogP contribution in [0.4, 0.5) is 0 Å². The highest BCUT2D eigenvalue weighted by molar-refractivity contribution is 9.10. The van der Waals surface area contributed by atoms with Crippen LogP contribution in [0.15, 0.2) is 27.6 Å². The molecule has 114 valence electrons. The third-order valence-corrected chi connectivity index (χ3v) is 4.39. The van der Waals surface area contributed by atoms with E-state index < -0.39 is 10.0 Å². The van der Waals surface area contributed by atoms with E-state index in [4.69, 9.17) is 9.88 Å². The Labute approximate surface area is 129 Å². The van der Waals surface area contributed by atoms with E-state index in [1.807, 2.05) is 0 Å². The second-order valence-electron chi connectivity index (χ2n) is 4.75. The van der Waals surface area contributed by atoms with Gasteiger partial charge in [-0.2, -0.15) is 0 Å². The van der Waals surface area contributed by atoms with Gasteiger partial charge in [0.15, 0.2) is 0 Å². The lowest BCUT2D eigenvalue weighted by Gasteiger charge is -2.10. The van der Waals surface area contributed by atoms with Crippen LogP contribution in [0.25, 0.3) is 0 Å². The molecule has 2 N–H and O–H groups in total. The Morgan fingerprint density at radius 3 is 2.45 bits per heavy atom. The van der Waals surface area contributed by atoms with Gasteiger partial charge in [-0.05, 0) is 24.6 Å². The number of ether oxygens (including phenoxy) is 1. The first-order valence-corrected chi connectivity index (χ1v) is 9.24. The van der Waals surface area contributed by atoms with Crippen LogP contribution in [0.2, 0.25) is 0 Å². The summed E-state index contributed by atoms with van der Waals surface area (Å²) < 4.78 is 29.2. The van der Waals surface area contributed by atoms with E-state index in [0.29, 0.717) is 16.8 Å².